The summed E-state index contributed by atoms with van der Waals surface area (Å²) in [6, 6.07) is 14.0. The number of anilines is 2. The van der Waals surface area contributed by atoms with Gasteiger partial charge in [-0.15, -0.1) is 0 Å². The molecule has 5 rings (SSSR count). The van der Waals surface area contributed by atoms with Crippen LogP contribution < -0.4 is 9.80 Å². The summed E-state index contributed by atoms with van der Waals surface area (Å²) >= 11 is 0. The van der Waals surface area contributed by atoms with Crippen molar-refractivity contribution in [3.8, 4) is 0 Å². The molecule has 11 heteroatoms. The maximum atomic E-state index is 14.2. The Hall–Kier alpha value is -4.51. The number of amides is 2. The van der Waals surface area contributed by atoms with Gasteiger partial charge in [0.25, 0.3) is 11.8 Å². The van der Waals surface area contributed by atoms with Crippen LogP contribution in [-0.4, -0.2) is 67.9 Å². The van der Waals surface area contributed by atoms with E-state index >= 15 is 0 Å². The summed E-state index contributed by atoms with van der Waals surface area (Å²) in [5, 5.41) is 0. The average molecular weight is 535 g/mol. The number of para-hydroxylation sites is 2. The summed E-state index contributed by atoms with van der Waals surface area (Å²) in [7, 11) is 1.64. The van der Waals surface area contributed by atoms with E-state index < -0.39 is 48.4 Å². The minimum atomic E-state index is -1.35. The smallest absolute Gasteiger partial charge is 0.303 e. The third-order valence-electron chi connectivity index (χ3n) is 6.75. The van der Waals surface area contributed by atoms with Gasteiger partial charge in [-0.25, -0.2) is 0 Å². The van der Waals surface area contributed by atoms with Gasteiger partial charge in [0.15, 0.2) is 24.5 Å². The first-order valence-corrected chi connectivity index (χ1v) is 12.3. The summed E-state index contributed by atoms with van der Waals surface area (Å²) in [6.07, 6.45) is -4.96. The number of likely N-dealkylation sites (N-methyl/N-ethyl adjacent to an activating group) is 1. The highest BCUT2D eigenvalue weighted by Gasteiger charge is 2.53. The second-order valence-corrected chi connectivity index (χ2v) is 9.34. The Morgan fingerprint density at radius 3 is 1.87 bits per heavy atom. The van der Waals surface area contributed by atoms with Crippen molar-refractivity contribution in [1.29, 1.82) is 0 Å². The minimum Gasteiger partial charge on any atom is -0.456 e. The normalized spacial score (nSPS) is 25.7. The number of carbonyl (C=O) groups is 5. The molecule has 1 saturated heterocycles. The van der Waals surface area contributed by atoms with Crippen molar-refractivity contribution in [3.63, 3.8) is 0 Å². The summed E-state index contributed by atoms with van der Waals surface area (Å²) in [5.74, 6) is -2.99. The van der Waals surface area contributed by atoms with E-state index in [1.165, 1.54) is 23.6 Å². The SMILES string of the molecule is CC(=O)O[C@@H]1[C@@H](OC(C)=O)[C@H](OC(C)=O)CO[C@H]1N1C(=O)/C(=C2/C(=O)N(C)c3ccccc32)c2ccccc21. The molecule has 202 valence electrons. The minimum absolute atomic E-state index is 0.170. The predicted octanol–water partition coefficient (Wildman–Crippen LogP) is 2.07. The molecular formula is C28H26N2O9. The Bertz CT molecular complexity index is 1430. The first-order valence-electron chi connectivity index (χ1n) is 12.3. The molecule has 3 heterocycles. The zero-order valence-corrected chi connectivity index (χ0v) is 21.7. The lowest BCUT2D eigenvalue weighted by Gasteiger charge is -2.43. The van der Waals surface area contributed by atoms with E-state index in [1.54, 1.807) is 55.6 Å². The highest BCUT2D eigenvalue weighted by Crippen LogP contribution is 2.47. The summed E-state index contributed by atoms with van der Waals surface area (Å²) in [6.45, 7) is 3.26. The van der Waals surface area contributed by atoms with Crippen molar-refractivity contribution in [2.45, 2.75) is 45.3 Å². The number of nitrogens with zero attached hydrogens (tertiary/aromatic N) is 2. The fourth-order valence-corrected chi connectivity index (χ4v) is 5.29. The molecule has 3 aliphatic rings. The van der Waals surface area contributed by atoms with Gasteiger partial charge in [0.05, 0.1) is 29.1 Å². The highest BCUT2D eigenvalue weighted by atomic mass is 16.6. The summed E-state index contributed by atoms with van der Waals surface area (Å²) in [5.41, 5.74) is 2.59. The van der Waals surface area contributed by atoms with Gasteiger partial charge >= 0.3 is 17.9 Å². The molecule has 0 aromatic heterocycles. The zero-order chi connectivity index (χ0) is 28.0. The van der Waals surface area contributed by atoms with Crippen LogP contribution in [0.15, 0.2) is 48.5 Å². The van der Waals surface area contributed by atoms with Gasteiger partial charge < -0.3 is 23.8 Å². The Labute approximate surface area is 223 Å². The van der Waals surface area contributed by atoms with Crippen LogP contribution in [0, 0.1) is 0 Å². The molecule has 2 aromatic rings. The van der Waals surface area contributed by atoms with Crippen molar-refractivity contribution in [2.24, 2.45) is 0 Å². The van der Waals surface area contributed by atoms with E-state index in [0.717, 1.165) is 6.92 Å². The van der Waals surface area contributed by atoms with E-state index in [-0.39, 0.29) is 23.7 Å². The molecule has 2 amide bonds. The first kappa shape index (κ1) is 26.1. The van der Waals surface area contributed by atoms with E-state index in [2.05, 4.69) is 0 Å². The molecule has 4 atom stereocenters. The van der Waals surface area contributed by atoms with Crippen molar-refractivity contribution in [1.82, 2.24) is 0 Å². The maximum absolute atomic E-state index is 14.2. The van der Waals surface area contributed by atoms with Crippen LogP contribution in [0.1, 0.15) is 31.9 Å². The zero-order valence-electron chi connectivity index (χ0n) is 21.7. The third kappa shape index (κ3) is 4.44. The number of hydrogen-bond acceptors (Lipinski definition) is 9. The fourth-order valence-electron chi connectivity index (χ4n) is 5.29. The maximum Gasteiger partial charge on any atom is 0.303 e. The molecule has 3 aliphatic heterocycles. The molecule has 0 bridgehead atoms. The van der Waals surface area contributed by atoms with Crippen LogP contribution in [0.2, 0.25) is 0 Å². The van der Waals surface area contributed by atoms with Gasteiger partial charge in [0, 0.05) is 38.9 Å². The second-order valence-electron chi connectivity index (χ2n) is 9.34. The van der Waals surface area contributed by atoms with E-state index in [0.29, 0.717) is 22.5 Å². The summed E-state index contributed by atoms with van der Waals surface area (Å²) < 4.78 is 22.3. The molecule has 11 nitrogen and oxygen atoms in total. The second kappa shape index (κ2) is 9.99. The molecular weight excluding hydrogens is 508 g/mol. The topological polar surface area (TPSA) is 129 Å². The van der Waals surface area contributed by atoms with Crippen molar-refractivity contribution >= 4 is 52.2 Å². The molecule has 0 saturated carbocycles. The molecule has 0 aliphatic carbocycles. The summed E-state index contributed by atoms with van der Waals surface area (Å²) in [4.78, 5) is 66.3. The monoisotopic (exact) mass is 534 g/mol. The van der Waals surface area contributed by atoms with Crippen LogP contribution >= 0.6 is 0 Å². The number of ether oxygens (including phenoxy) is 4. The van der Waals surface area contributed by atoms with Crippen LogP contribution in [0.3, 0.4) is 0 Å². The standard InChI is InChI=1S/C28H26N2O9/c1-14(31)37-21-13-36-28(25(39-16(3)33)24(21)38-15(2)32)30-20-12-8-6-10-18(20)23(27(30)35)22-17-9-5-7-11-19(17)29(4)26(22)34/h5-12,21,24-25,28H,13H2,1-4H3/b23-22+/t21-,24+,25-,28-/m1/s1. The molecule has 39 heavy (non-hydrogen) atoms. The number of hydrogen-bond donors (Lipinski definition) is 0. The number of esters is 3. The quantitative estimate of drug-likeness (QED) is 0.329. The lowest BCUT2D eigenvalue weighted by molar-refractivity contribution is -0.225. The number of fused-ring (bicyclic) bond motifs is 2. The molecule has 0 unspecified atom stereocenters. The van der Waals surface area contributed by atoms with E-state index in [9.17, 15) is 24.0 Å². The molecule has 0 N–H and O–H groups in total. The van der Waals surface area contributed by atoms with E-state index in [4.69, 9.17) is 18.9 Å². The van der Waals surface area contributed by atoms with Crippen molar-refractivity contribution in [3.05, 3.63) is 59.7 Å². The lowest BCUT2D eigenvalue weighted by Crippen LogP contribution is -2.63. The lowest BCUT2D eigenvalue weighted by atomic mass is 9.96. The van der Waals surface area contributed by atoms with Gasteiger partial charge in [-0.2, -0.15) is 0 Å². The molecule has 1 fully saturated rings. The number of carbonyl (C=O) groups excluding carboxylic acids is 5. The molecule has 2 aromatic carbocycles. The fraction of sp³-hybridized carbons (Fsp3) is 0.321. The average Bonchev–Trinajstić information content (AvgIpc) is 3.30. The number of benzene rings is 2. The van der Waals surface area contributed by atoms with Crippen LogP contribution in [-0.2, 0) is 42.9 Å². The van der Waals surface area contributed by atoms with Crippen LogP contribution in [0.4, 0.5) is 11.4 Å². The Morgan fingerprint density at radius 1 is 0.744 bits per heavy atom. The number of rotatable bonds is 4. The Balaban J connectivity index is 1.64. The van der Waals surface area contributed by atoms with Crippen molar-refractivity contribution in [2.75, 3.05) is 23.5 Å². The largest absolute Gasteiger partial charge is 0.456 e. The first-order chi connectivity index (χ1) is 18.6. The van der Waals surface area contributed by atoms with Crippen molar-refractivity contribution < 1.29 is 42.9 Å². The third-order valence-corrected chi connectivity index (χ3v) is 6.75. The van der Waals surface area contributed by atoms with Gasteiger partial charge in [-0.05, 0) is 12.1 Å². The van der Waals surface area contributed by atoms with Gasteiger partial charge in [0.1, 0.15) is 0 Å². The van der Waals surface area contributed by atoms with Gasteiger partial charge in [-0.1, -0.05) is 36.4 Å². The Kier molecular flexibility index (Phi) is 6.69. The highest BCUT2D eigenvalue weighted by molar-refractivity contribution is 6.49. The van der Waals surface area contributed by atoms with Crippen LogP contribution in [0.5, 0.6) is 0 Å². The molecule has 0 spiro atoms. The Morgan fingerprint density at radius 2 is 1.26 bits per heavy atom. The van der Waals surface area contributed by atoms with Gasteiger partial charge in [-0.3, -0.25) is 28.9 Å². The van der Waals surface area contributed by atoms with Crippen LogP contribution in [0.25, 0.3) is 11.1 Å². The molecule has 0 radical (unpaired) electrons. The predicted molar refractivity (Wildman–Crippen MR) is 137 cm³/mol. The van der Waals surface area contributed by atoms with E-state index in [1.807, 2.05) is 0 Å². The van der Waals surface area contributed by atoms with Gasteiger partial charge in [0.2, 0.25) is 0 Å².